The molecular formula is C22H33N5O4. The van der Waals surface area contributed by atoms with Crippen molar-refractivity contribution in [2.24, 2.45) is 17.6 Å². The molecule has 5 fully saturated rings. The van der Waals surface area contributed by atoms with Gasteiger partial charge in [0.25, 0.3) is 0 Å². The van der Waals surface area contributed by atoms with E-state index in [0.717, 1.165) is 25.7 Å². The van der Waals surface area contributed by atoms with Crippen molar-refractivity contribution in [1.29, 1.82) is 0 Å². The van der Waals surface area contributed by atoms with Crippen molar-refractivity contribution in [2.75, 3.05) is 13.1 Å². The molecule has 1 spiro atoms. The van der Waals surface area contributed by atoms with E-state index in [-0.39, 0.29) is 41.3 Å². The Balaban J connectivity index is 1.24. The van der Waals surface area contributed by atoms with E-state index in [1.165, 1.54) is 12.8 Å². The molecule has 170 valence electrons. The first-order valence-corrected chi connectivity index (χ1v) is 11.7. The summed E-state index contributed by atoms with van der Waals surface area (Å²) in [4.78, 5) is 54.0. The second kappa shape index (κ2) is 7.10. The Bertz CT molecular complexity index is 817. The van der Waals surface area contributed by atoms with E-state index in [9.17, 15) is 19.2 Å². The largest absolute Gasteiger partial charge is 0.352 e. The first-order chi connectivity index (χ1) is 14.7. The molecule has 5 aliphatic rings. The van der Waals surface area contributed by atoms with Crippen LogP contribution < -0.4 is 16.4 Å². The molecule has 9 heteroatoms. The van der Waals surface area contributed by atoms with E-state index in [1.54, 1.807) is 0 Å². The molecule has 31 heavy (non-hydrogen) atoms. The molecule has 9 nitrogen and oxygen atoms in total. The third-order valence-corrected chi connectivity index (χ3v) is 8.34. The lowest BCUT2D eigenvalue weighted by Crippen LogP contribution is -2.54. The second-order valence-electron chi connectivity index (χ2n) is 10.5. The summed E-state index contributed by atoms with van der Waals surface area (Å²) < 4.78 is 0. The molecule has 2 saturated heterocycles. The summed E-state index contributed by atoms with van der Waals surface area (Å²) in [5.41, 5.74) is 4.15. The number of carbonyl (C=O) groups is 4. The summed E-state index contributed by atoms with van der Waals surface area (Å²) in [5.74, 6) is 0.253. The predicted octanol–water partition coefficient (Wildman–Crippen LogP) is 0.474. The van der Waals surface area contributed by atoms with E-state index < -0.39 is 11.6 Å². The summed E-state index contributed by atoms with van der Waals surface area (Å²) in [5, 5.41) is 5.63. The number of urea groups is 1. The Morgan fingerprint density at radius 3 is 2.39 bits per heavy atom. The maximum atomic E-state index is 13.5. The molecular weight excluding hydrogens is 398 g/mol. The number of hydrogen-bond donors (Lipinski definition) is 3. The van der Waals surface area contributed by atoms with Gasteiger partial charge in [-0.3, -0.25) is 14.4 Å². The number of nitrogens with zero attached hydrogens (tertiary/aromatic N) is 2. The van der Waals surface area contributed by atoms with Crippen LogP contribution >= 0.6 is 0 Å². The summed E-state index contributed by atoms with van der Waals surface area (Å²) in [6.45, 7) is 3.09. The van der Waals surface area contributed by atoms with Gasteiger partial charge in [-0.25, -0.2) is 4.79 Å². The molecule has 0 radical (unpaired) electrons. The van der Waals surface area contributed by atoms with Crippen LogP contribution in [-0.4, -0.2) is 69.8 Å². The van der Waals surface area contributed by atoms with Gasteiger partial charge in [-0.15, -0.1) is 0 Å². The molecule has 3 saturated carbocycles. The third kappa shape index (κ3) is 3.55. The van der Waals surface area contributed by atoms with Gasteiger partial charge in [0.05, 0.1) is 5.92 Å². The average Bonchev–Trinajstić information content (AvgIpc) is 3.60. The molecule has 2 heterocycles. The number of hydrogen-bond acceptors (Lipinski definition) is 4. The molecule has 0 aromatic rings. The summed E-state index contributed by atoms with van der Waals surface area (Å²) >= 11 is 0. The fourth-order valence-corrected chi connectivity index (χ4v) is 5.96. The van der Waals surface area contributed by atoms with Crippen molar-refractivity contribution in [3.8, 4) is 0 Å². The highest BCUT2D eigenvalue weighted by molar-refractivity contribution is 5.94. The maximum Gasteiger partial charge on any atom is 0.313 e. The van der Waals surface area contributed by atoms with E-state index >= 15 is 0 Å². The van der Waals surface area contributed by atoms with Crippen LogP contribution in [-0.2, 0) is 14.4 Å². The maximum absolute atomic E-state index is 13.5. The van der Waals surface area contributed by atoms with Gasteiger partial charge >= 0.3 is 6.03 Å². The predicted molar refractivity (Wildman–Crippen MR) is 112 cm³/mol. The van der Waals surface area contributed by atoms with Gasteiger partial charge in [0, 0.05) is 37.1 Å². The molecule has 0 aromatic carbocycles. The van der Waals surface area contributed by atoms with Crippen LogP contribution in [0.3, 0.4) is 0 Å². The van der Waals surface area contributed by atoms with E-state index in [0.29, 0.717) is 38.3 Å². The van der Waals surface area contributed by atoms with E-state index in [4.69, 9.17) is 5.73 Å². The van der Waals surface area contributed by atoms with E-state index in [2.05, 4.69) is 17.6 Å². The van der Waals surface area contributed by atoms with Gasteiger partial charge in [-0.2, -0.15) is 0 Å². The molecule has 0 bridgehead atoms. The second-order valence-corrected chi connectivity index (χ2v) is 10.5. The third-order valence-electron chi connectivity index (χ3n) is 8.34. The highest BCUT2D eigenvalue weighted by atomic mass is 16.2. The molecule has 3 unspecified atom stereocenters. The number of amides is 5. The van der Waals surface area contributed by atoms with Crippen LogP contribution in [0, 0.1) is 11.8 Å². The lowest BCUT2D eigenvalue weighted by molar-refractivity contribution is -0.143. The van der Waals surface area contributed by atoms with Crippen LogP contribution in [0.15, 0.2) is 0 Å². The highest BCUT2D eigenvalue weighted by Gasteiger charge is 2.56. The minimum atomic E-state index is -0.882. The molecule has 3 atom stereocenters. The number of nitrogens with two attached hydrogens (primary N) is 1. The number of likely N-dealkylation sites (tertiary alicyclic amines) is 2. The Morgan fingerprint density at radius 2 is 1.84 bits per heavy atom. The van der Waals surface area contributed by atoms with Crippen LogP contribution in [0.5, 0.6) is 0 Å². The van der Waals surface area contributed by atoms with Gasteiger partial charge in [0.1, 0.15) is 5.54 Å². The van der Waals surface area contributed by atoms with Gasteiger partial charge in [-0.05, 0) is 64.2 Å². The topological polar surface area (TPSA) is 125 Å². The van der Waals surface area contributed by atoms with Crippen molar-refractivity contribution < 1.29 is 19.2 Å². The van der Waals surface area contributed by atoms with Gasteiger partial charge < -0.3 is 26.2 Å². The highest BCUT2D eigenvalue weighted by Crippen LogP contribution is 2.47. The zero-order valence-corrected chi connectivity index (χ0v) is 18.2. The standard InChI is InChI=1S/C22H33N5O4/c1-13(14-3-4-14)26-11-15(9-17(26)28)18(29)27-12-16(10-21(27)5-2-6-21)24-19(30)22(7-8-22)25-20(23)31/h13-16H,2-12H2,1H3,(H,24,30)(H3,23,25,31). The van der Waals surface area contributed by atoms with E-state index in [1.807, 2.05) is 9.80 Å². The smallest absolute Gasteiger partial charge is 0.313 e. The summed E-state index contributed by atoms with van der Waals surface area (Å²) in [6, 6.07) is -0.606. The van der Waals surface area contributed by atoms with Gasteiger partial charge in [-0.1, -0.05) is 0 Å². The lowest BCUT2D eigenvalue weighted by Gasteiger charge is -2.46. The average molecular weight is 432 g/mol. The fourth-order valence-electron chi connectivity index (χ4n) is 5.96. The first-order valence-electron chi connectivity index (χ1n) is 11.7. The quantitative estimate of drug-likeness (QED) is 0.565. The Labute approximate surface area is 182 Å². The molecule has 0 aromatic heterocycles. The monoisotopic (exact) mass is 431 g/mol. The van der Waals surface area contributed by atoms with Crippen LogP contribution in [0.25, 0.3) is 0 Å². The first kappa shape index (κ1) is 20.6. The SMILES string of the molecule is CC(C1CC1)N1CC(C(=O)N2CC(NC(=O)C3(NC(N)=O)CC3)CC23CCC3)CC1=O. The number of primary amides is 1. The Morgan fingerprint density at radius 1 is 1.13 bits per heavy atom. The zero-order chi connectivity index (χ0) is 22.0. The van der Waals surface area contributed by atoms with Crippen LogP contribution in [0.4, 0.5) is 4.79 Å². The molecule has 5 rings (SSSR count). The molecule has 5 amide bonds. The van der Waals surface area contributed by atoms with Crippen LogP contribution in [0.2, 0.25) is 0 Å². The Hall–Kier alpha value is -2.32. The lowest BCUT2D eigenvalue weighted by atomic mass is 9.74. The molecule has 2 aliphatic heterocycles. The number of rotatable bonds is 6. The van der Waals surface area contributed by atoms with Crippen LogP contribution in [0.1, 0.15) is 64.7 Å². The van der Waals surface area contributed by atoms with Crippen molar-refractivity contribution in [2.45, 2.75) is 87.9 Å². The van der Waals surface area contributed by atoms with Crippen molar-refractivity contribution in [3.63, 3.8) is 0 Å². The number of nitrogens with one attached hydrogen (secondary N) is 2. The normalized spacial score (nSPS) is 31.3. The van der Waals surface area contributed by atoms with Crippen molar-refractivity contribution in [1.82, 2.24) is 20.4 Å². The van der Waals surface area contributed by atoms with Gasteiger partial charge in [0.15, 0.2) is 0 Å². The summed E-state index contributed by atoms with van der Waals surface area (Å²) in [7, 11) is 0. The Kier molecular flexibility index (Phi) is 4.71. The summed E-state index contributed by atoms with van der Waals surface area (Å²) in [6.07, 6.45) is 7.51. The molecule has 3 aliphatic carbocycles. The molecule has 4 N–H and O–H groups in total. The minimum Gasteiger partial charge on any atom is -0.352 e. The fraction of sp³-hybridized carbons (Fsp3) is 0.818. The minimum absolute atomic E-state index is 0.0618. The van der Waals surface area contributed by atoms with Crippen molar-refractivity contribution >= 4 is 23.8 Å². The number of carbonyl (C=O) groups excluding carboxylic acids is 4. The van der Waals surface area contributed by atoms with Crippen molar-refractivity contribution in [3.05, 3.63) is 0 Å². The zero-order valence-electron chi connectivity index (χ0n) is 18.2. The van der Waals surface area contributed by atoms with Gasteiger partial charge in [0.2, 0.25) is 17.7 Å².